The summed E-state index contributed by atoms with van der Waals surface area (Å²) >= 11 is 9.71. The molecule has 0 bridgehead atoms. The van der Waals surface area contributed by atoms with Crippen LogP contribution in [0, 0.1) is 25.5 Å². The molecule has 0 saturated heterocycles. The van der Waals surface area contributed by atoms with Gasteiger partial charge in [0.2, 0.25) is 0 Å². The summed E-state index contributed by atoms with van der Waals surface area (Å²) in [7, 11) is 0. The maximum atomic E-state index is 13.6. The minimum atomic E-state index is -0.451. The van der Waals surface area contributed by atoms with Crippen LogP contribution in [-0.2, 0) is 0 Å². The number of aryl methyl sites for hydroxylation is 2. The largest absolute Gasteiger partial charge is 0.207 e. The monoisotopic (exact) mass is 344 g/mol. The van der Waals surface area contributed by atoms with Gasteiger partial charge < -0.3 is 0 Å². The fourth-order valence-corrected chi connectivity index (χ4v) is 3.04. The van der Waals surface area contributed by atoms with Gasteiger partial charge in [0.05, 0.1) is 5.38 Å². The van der Waals surface area contributed by atoms with Crippen molar-refractivity contribution in [2.75, 3.05) is 0 Å². The zero-order valence-corrected chi connectivity index (χ0v) is 12.8. The van der Waals surface area contributed by atoms with E-state index in [0.717, 1.165) is 11.1 Å². The first-order valence-corrected chi connectivity index (χ1v) is 6.98. The van der Waals surface area contributed by atoms with Gasteiger partial charge >= 0.3 is 0 Å². The number of hydrogen-bond acceptors (Lipinski definition) is 0. The van der Waals surface area contributed by atoms with Gasteiger partial charge in [0.25, 0.3) is 0 Å². The molecule has 0 radical (unpaired) electrons. The topological polar surface area (TPSA) is 0 Å². The average Bonchev–Trinajstić information content (AvgIpc) is 2.34. The van der Waals surface area contributed by atoms with Crippen molar-refractivity contribution in [3.05, 3.63) is 68.7 Å². The maximum absolute atomic E-state index is 13.6. The highest BCUT2D eigenvalue weighted by Crippen LogP contribution is 2.35. The summed E-state index contributed by atoms with van der Waals surface area (Å²) in [6.45, 7) is 3.41. The average molecular weight is 346 g/mol. The highest BCUT2D eigenvalue weighted by Gasteiger charge is 2.16. The van der Waals surface area contributed by atoms with Crippen LogP contribution in [0.1, 0.15) is 27.6 Å². The van der Waals surface area contributed by atoms with Crippen molar-refractivity contribution < 1.29 is 8.78 Å². The second-order valence-electron chi connectivity index (χ2n) is 4.50. The number of hydrogen-bond donors (Lipinski definition) is 0. The van der Waals surface area contributed by atoms with Gasteiger partial charge in [0, 0.05) is 4.47 Å². The lowest BCUT2D eigenvalue weighted by Crippen LogP contribution is -1.99. The molecule has 0 amide bonds. The van der Waals surface area contributed by atoms with E-state index in [-0.39, 0.29) is 11.6 Å². The predicted octanol–water partition coefficient (Wildman–Crippen LogP) is 5.67. The van der Waals surface area contributed by atoms with Crippen molar-refractivity contribution in [2.24, 2.45) is 0 Å². The first-order valence-electron chi connectivity index (χ1n) is 5.76. The second-order valence-corrected chi connectivity index (χ2v) is 5.79. The summed E-state index contributed by atoms with van der Waals surface area (Å²) in [4.78, 5) is 0. The molecule has 0 N–H and O–H groups in total. The van der Waals surface area contributed by atoms with Gasteiger partial charge in [-0.1, -0.05) is 34.1 Å². The van der Waals surface area contributed by atoms with Crippen LogP contribution in [0.15, 0.2) is 34.8 Å². The van der Waals surface area contributed by atoms with E-state index >= 15 is 0 Å². The first-order chi connectivity index (χ1) is 8.90. The van der Waals surface area contributed by atoms with Crippen molar-refractivity contribution in [2.45, 2.75) is 19.2 Å². The van der Waals surface area contributed by atoms with Gasteiger partial charge in [0.15, 0.2) is 0 Å². The first kappa shape index (κ1) is 14.5. The van der Waals surface area contributed by atoms with Gasteiger partial charge in [-0.2, -0.15) is 0 Å². The Morgan fingerprint density at radius 3 is 2.16 bits per heavy atom. The molecule has 0 spiro atoms. The maximum Gasteiger partial charge on any atom is 0.129 e. The van der Waals surface area contributed by atoms with Crippen LogP contribution in [0.4, 0.5) is 8.78 Å². The molecule has 0 aromatic heterocycles. The van der Waals surface area contributed by atoms with Crippen LogP contribution in [-0.4, -0.2) is 0 Å². The lowest BCUT2D eigenvalue weighted by Gasteiger charge is -2.14. The number of rotatable bonds is 2. The molecule has 2 rings (SSSR count). The van der Waals surface area contributed by atoms with E-state index in [4.69, 9.17) is 11.6 Å². The molecule has 4 heteroatoms. The number of alkyl halides is 1. The molecule has 0 fully saturated rings. The Morgan fingerprint density at radius 2 is 1.63 bits per heavy atom. The third-order valence-electron chi connectivity index (χ3n) is 2.99. The Balaban J connectivity index is 2.47. The predicted molar refractivity (Wildman–Crippen MR) is 77.7 cm³/mol. The van der Waals surface area contributed by atoms with Crippen molar-refractivity contribution >= 4 is 27.5 Å². The molecule has 2 aromatic rings. The molecule has 1 atom stereocenters. The van der Waals surface area contributed by atoms with Crippen LogP contribution >= 0.6 is 27.5 Å². The molecule has 0 saturated carbocycles. The molecule has 19 heavy (non-hydrogen) atoms. The van der Waals surface area contributed by atoms with Crippen LogP contribution in [0.25, 0.3) is 0 Å². The number of halogens is 4. The van der Waals surface area contributed by atoms with E-state index in [2.05, 4.69) is 15.9 Å². The van der Waals surface area contributed by atoms with Crippen LogP contribution < -0.4 is 0 Å². The fraction of sp³-hybridized carbons (Fsp3) is 0.200. The highest BCUT2D eigenvalue weighted by molar-refractivity contribution is 9.10. The molecule has 2 aromatic carbocycles. The lowest BCUT2D eigenvalue weighted by molar-refractivity contribution is 0.608. The van der Waals surface area contributed by atoms with E-state index in [1.54, 1.807) is 32.0 Å². The molecule has 0 aliphatic carbocycles. The van der Waals surface area contributed by atoms with Crippen molar-refractivity contribution in [3.63, 3.8) is 0 Å². The normalized spacial score (nSPS) is 12.5. The van der Waals surface area contributed by atoms with Gasteiger partial charge in [-0.15, -0.1) is 11.6 Å². The van der Waals surface area contributed by atoms with Gasteiger partial charge in [0.1, 0.15) is 11.6 Å². The smallest absolute Gasteiger partial charge is 0.129 e. The zero-order valence-electron chi connectivity index (χ0n) is 10.5. The van der Waals surface area contributed by atoms with E-state index in [0.29, 0.717) is 15.6 Å². The van der Waals surface area contributed by atoms with Gasteiger partial charge in [-0.25, -0.2) is 8.78 Å². The Bertz CT molecular complexity index is 603. The van der Waals surface area contributed by atoms with E-state index in [9.17, 15) is 8.78 Å². The molecule has 0 aliphatic rings. The van der Waals surface area contributed by atoms with Crippen LogP contribution in [0.5, 0.6) is 0 Å². The summed E-state index contributed by atoms with van der Waals surface area (Å²) in [6.07, 6.45) is 0. The van der Waals surface area contributed by atoms with Crippen molar-refractivity contribution in [1.29, 1.82) is 0 Å². The quantitative estimate of drug-likeness (QED) is 0.615. The zero-order chi connectivity index (χ0) is 14.2. The third-order valence-corrected chi connectivity index (χ3v) is 4.16. The van der Waals surface area contributed by atoms with Crippen molar-refractivity contribution in [3.8, 4) is 0 Å². The summed E-state index contributed by atoms with van der Waals surface area (Å²) in [6, 6.07) is 7.80. The summed E-state index contributed by atoms with van der Waals surface area (Å²) in [5, 5.41) is -0.451. The molecular formula is C15H12BrClF2. The van der Waals surface area contributed by atoms with Crippen LogP contribution in [0.3, 0.4) is 0 Å². The Kier molecular flexibility index (Phi) is 4.26. The summed E-state index contributed by atoms with van der Waals surface area (Å²) in [5.74, 6) is -0.545. The SMILES string of the molecule is Cc1cc(C(Cl)c2ccc(F)cc2Br)cc(C)c1F. The highest BCUT2D eigenvalue weighted by atomic mass is 79.9. The molecule has 0 aliphatic heterocycles. The lowest BCUT2D eigenvalue weighted by atomic mass is 9.99. The summed E-state index contributed by atoms with van der Waals surface area (Å²) < 4.78 is 27.3. The van der Waals surface area contributed by atoms with Gasteiger partial charge in [-0.3, -0.25) is 0 Å². The van der Waals surface area contributed by atoms with E-state index < -0.39 is 5.38 Å². The minimum absolute atomic E-state index is 0.217. The summed E-state index contributed by atoms with van der Waals surface area (Å²) in [5.41, 5.74) is 2.66. The van der Waals surface area contributed by atoms with E-state index in [1.807, 2.05) is 0 Å². The molecule has 0 nitrogen and oxygen atoms in total. The second kappa shape index (κ2) is 5.59. The fourth-order valence-electron chi connectivity index (χ4n) is 2.01. The molecular weight excluding hydrogens is 334 g/mol. The third kappa shape index (κ3) is 2.98. The van der Waals surface area contributed by atoms with Crippen molar-refractivity contribution in [1.82, 2.24) is 0 Å². The molecule has 0 heterocycles. The Labute approximate surface area is 124 Å². The standard InChI is InChI=1S/C15H12BrClF2/c1-8-5-10(6-9(2)15(8)19)14(17)12-4-3-11(18)7-13(12)16/h3-7,14H,1-2H3. The Morgan fingerprint density at radius 1 is 1.05 bits per heavy atom. The molecule has 100 valence electrons. The van der Waals surface area contributed by atoms with Gasteiger partial charge in [-0.05, 0) is 48.2 Å². The minimum Gasteiger partial charge on any atom is -0.207 e. The number of benzene rings is 2. The van der Waals surface area contributed by atoms with Crippen LogP contribution in [0.2, 0.25) is 0 Å². The van der Waals surface area contributed by atoms with E-state index in [1.165, 1.54) is 12.1 Å². The molecule has 1 unspecified atom stereocenters. The Hall–Kier alpha value is -0.930.